The normalized spacial score (nSPS) is 21.6. The van der Waals surface area contributed by atoms with E-state index in [1.165, 1.54) is 12.8 Å². The summed E-state index contributed by atoms with van der Waals surface area (Å²) in [7, 11) is 2.00. The van der Waals surface area contributed by atoms with E-state index in [1.54, 1.807) is 4.90 Å². The molecule has 0 radical (unpaired) electrons. The molecule has 2 fully saturated rings. The zero-order valence-corrected chi connectivity index (χ0v) is 15.0. The average Bonchev–Trinajstić information content (AvgIpc) is 3.07. The number of benzene rings is 1. The summed E-state index contributed by atoms with van der Waals surface area (Å²) in [5, 5.41) is 6.27. The summed E-state index contributed by atoms with van der Waals surface area (Å²) < 4.78 is 0. The van der Waals surface area contributed by atoms with Crippen LogP contribution in [-0.2, 0) is 9.59 Å². The van der Waals surface area contributed by atoms with E-state index in [9.17, 15) is 9.59 Å². The number of hydrogen-bond acceptors (Lipinski definition) is 4. The molecule has 25 heavy (non-hydrogen) atoms. The maximum Gasteiger partial charge on any atom is 0.227 e. The van der Waals surface area contributed by atoms with Crippen molar-refractivity contribution < 1.29 is 9.59 Å². The molecule has 0 bridgehead atoms. The summed E-state index contributed by atoms with van der Waals surface area (Å²) in [6.45, 7) is 3.67. The van der Waals surface area contributed by atoms with Crippen LogP contribution in [-0.4, -0.2) is 56.0 Å². The van der Waals surface area contributed by atoms with Gasteiger partial charge in [-0.2, -0.15) is 0 Å². The number of carbonyl (C=O) groups excluding carboxylic acids is 2. The number of anilines is 2. The fraction of sp³-hybridized carbons (Fsp3) is 0.579. The van der Waals surface area contributed by atoms with Gasteiger partial charge in [0, 0.05) is 49.9 Å². The lowest BCUT2D eigenvalue weighted by Crippen LogP contribution is -2.45. The predicted octanol–water partition coefficient (Wildman–Crippen LogP) is 1.83. The summed E-state index contributed by atoms with van der Waals surface area (Å²) in [5.41, 5.74) is 1.69. The van der Waals surface area contributed by atoms with Crippen LogP contribution in [0, 0.1) is 0 Å². The van der Waals surface area contributed by atoms with Crippen LogP contribution in [0.1, 0.15) is 32.1 Å². The van der Waals surface area contributed by atoms with E-state index in [-0.39, 0.29) is 11.8 Å². The molecule has 6 heteroatoms. The van der Waals surface area contributed by atoms with E-state index < -0.39 is 0 Å². The molecule has 2 aliphatic rings. The lowest BCUT2D eigenvalue weighted by Gasteiger charge is -2.32. The van der Waals surface area contributed by atoms with Gasteiger partial charge < -0.3 is 20.4 Å². The minimum atomic E-state index is 0.0385. The number of nitrogens with one attached hydrogen (secondary N) is 2. The number of amides is 2. The van der Waals surface area contributed by atoms with Gasteiger partial charge in [0.1, 0.15) is 0 Å². The molecule has 6 nitrogen and oxygen atoms in total. The highest BCUT2D eigenvalue weighted by Crippen LogP contribution is 2.23. The van der Waals surface area contributed by atoms with Crippen molar-refractivity contribution in [1.29, 1.82) is 0 Å². The van der Waals surface area contributed by atoms with Crippen LogP contribution in [0.15, 0.2) is 24.3 Å². The second-order valence-corrected chi connectivity index (χ2v) is 6.92. The Kier molecular flexibility index (Phi) is 6.04. The Morgan fingerprint density at radius 2 is 2.00 bits per heavy atom. The molecule has 2 N–H and O–H groups in total. The van der Waals surface area contributed by atoms with Gasteiger partial charge in [-0.25, -0.2) is 0 Å². The first-order chi connectivity index (χ1) is 12.2. The number of carbonyl (C=O) groups is 2. The third kappa shape index (κ3) is 4.80. The summed E-state index contributed by atoms with van der Waals surface area (Å²) >= 11 is 0. The number of hydrogen-bond donors (Lipinski definition) is 2. The number of rotatable bonds is 6. The van der Waals surface area contributed by atoms with Crippen molar-refractivity contribution in [3.8, 4) is 0 Å². The van der Waals surface area contributed by atoms with E-state index in [1.807, 2.05) is 31.3 Å². The van der Waals surface area contributed by atoms with Crippen LogP contribution < -0.4 is 15.5 Å². The fourth-order valence-electron chi connectivity index (χ4n) is 3.62. The van der Waals surface area contributed by atoms with E-state index >= 15 is 0 Å². The average molecular weight is 344 g/mol. The molecule has 2 saturated heterocycles. The molecule has 0 aromatic heterocycles. The smallest absolute Gasteiger partial charge is 0.227 e. The molecule has 3 rings (SSSR count). The molecule has 2 aliphatic heterocycles. The highest BCUT2D eigenvalue weighted by Gasteiger charge is 2.21. The van der Waals surface area contributed by atoms with Gasteiger partial charge in [0.25, 0.3) is 0 Å². The molecule has 2 amide bonds. The van der Waals surface area contributed by atoms with Crippen LogP contribution >= 0.6 is 0 Å². The van der Waals surface area contributed by atoms with E-state index in [0.717, 1.165) is 44.0 Å². The van der Waals surface area contributed by atoms with Crippen molar-refractivity contribution >= 4 is 23.2 Å². The predicted molar refractivity (Wildman–Crippen MR) is 99.8 cm³/mol. The minimum absolute atomic E-state index is 0.0385. The maximum absolute atomic E-state index is 12.2. The lowest BCUT2D eigenvalue weighted by atomic mass is 10.1. The van der Waals surface area contributed by atoms with Gasteiger partial charge >= 0.3 is 0 Å². The largest absolute Gasteiger partial charge is 0.326 e. The molecule has 136 valence electrons. The number of nitrogens with zero attached hydrogens (tertiary/aromatic N) is 2. The molecule has 1 aromatic carbocycles. The van der Waals surface area contributed by atoms with Crippen LogP contribution in [0.2, 0.25) is 0 Å². The van der Waals surface area contributed by atoms with Gasteiger partial charge in [-0.1, -0.05) is 0 Å². The first kappa shape index (κ1) is 17.9. The van der Waals surface area contributed by atoms with Crippen molar-refractivity contribution in [3.05, 3.63) is 24.3 Å². The van der Waals surface area contributed by atoms with Gasteiger partial charge in [-0.05, 0) is 57.1 Å². The summed E-state index contributed by atoms with van der Waals surface area (Å²) in [4.78, 5) is 28.1. The second-order valence-electron chi connectivity index (χ2n) is 6.92. The van der Waals surface area contributed by atoms with Crippen LogP contribution in [0.4, 0.5) is 11.4 Å². The molecule has 1 aromatic rings. The Labute approximate surface area is 149 Å². The topological polar surface area (TPSA) is 64.7 Å². The third-order valence-electron chi connectivity index (χ3n) is 5.11. The van der Waals surface area contributed by atoms with Gasteiger partial charge in [-0.15, -0.1) is 0 Å². The van der Waals surface area contributed by atoms with Crippen molar-refractivity contribution in [1.82, 2.24) is 10.2 Å². The summed E-state index contributed by atoms with van der Waals surface area (Å²) in [5.74, 6) is 0.217. The first-order valence-corrected chi connectivity index (χ1v) is 9.25. The van der Waals surface area contributed by atoms with Crippen LogP contribution in [0.3, 0.4) is 0 Å². The Hall–Kier alpha value is -1.92. The zero-order chi connectivity index (χ0) is 17.6. The molecule has 0 spiro atoms. The fourth-order valence-corrected chi connectivity index (χ4v) is 3.62. The number of likely N-dealkylation sites (tertiary alicyclic amines) is 1. The maximum atomic E-state index is 12.2. The summed E-state index contributed by atoms with van der Waals surface area (Å²) in [6, 6.07) is 8.09. The number of piperidine rings is 1. The summed E-state index contributed by atoms with van der Waals surface area (Å²) in [6.07, 6.45) is 4.45. The minimum Gasteiger partial charge on any atom is -0.326 e. The van der Waals surface area contributed by atoms with Gasteiger partial charge in [0.15, 0.2) is 0 Å². The quantitative estimate of drug-likeness (QED) is 0.826. The van der Waals surface area contributed by atoms with Gasteiger partial charge in [-0.3, -0.25) is 9.59 Å². The molecule has 1 unspecified atom stereocenters. The van der Waals surface area contributed by atoms with E-state index in [0.29, 0.717) is 18.9 Å². The Morgan fingerprint density at radius 1 is 1.20 bits per heavy atom. The van der Waals surface area contributed by atoms with Crippen LogP contribution in [0.25, 0.3) is 0 Å². The highest BCUT2D eigenvalue weighted by atomic mass is 16.2. The Morgan fingerprint density at radius 3 is 2.68 bits per heavy atom. The third-order valence-corrected chi connectivity index (χ3v) is 5.11. The van der Waals surface area contributed by atoms with Gasteiger partial charge in [0.2, 0.25) is 11.8 Å². The molecule has 0 saturated carbocycles. The van der Waals surface area contributed by atoms with E-state index in [4.69, 9.17) is 0 Å². The van der Waals surface area contributed by atoms with Crippen molar-refractivity contribution in [3.63, 3.8) is 0 Å². The van der Waals surface area contributed by atoms with Crippen molar-refractivity contribution in [2.24, 2.45) is 0 Å². The Bertz CT molecular complexity index is 602. The molecule has 1 atom stereocenters. The lowest BCUT2D eigenvalue weighted by molar-refractivity contribution is -0.117. The number of likely N-dealkylation sites (N-methyl/N-ethyl adjacent to an activating group) is 1. The van der Waals surface area contributed by atoms with E-state index in [2.05, 4.69) is 15.5 Å². The highest BCUT2D eigenvalue weighted by molar-refractivity contribution is 5.96. The SMILES string of the molecule is CNC1CCCN(CCC(=O)Nc2ccc(N3CCCC3=O)cc2)C1. The zero-order valence-electron chi connectivity index (χ0n) is 15.0. The monoisotopic (exact) mass is 344 g/mol. The van der Waals surface area contributed by atoms with Gasteiger partial charge in [0.05, 0.1) is 0 Å². The molecular weight excluding hydrogens is 316 g/mol. The molecule has 0 aliphatic carbocycles. The molecular formula is C19H28N4O2. The van der Waals surface area contributed by atoms with Crippen molar-refractivity contribution in [2.45, 2.75) is 38.1 Å². The standard InChI is InChI=1S/C19H28N4O2/c1-20-16-4-2-11-22(14-16)13-10-18(24)21-15-6-8-17(9-7-15)23-12-3-5-19(23)25/h6-9,16,20H,2-5,10-14H2,1H3,(H,21,24). The van der Waals surface area contributed by atoms with Crippen LogP contribution in [0.5, 0.6) is 0 Å². The first-order valence-electron chi connectivity index (χ1n) is 9.25. The Balaban J connectivity index is 1.45. The molecule has 2 heterocycles. The second kappa shape index (κ2) is 8.45. The van der Waals surface area contributed by atoms with Crippen molar-refractivity contribution in [2.75, 3.05) is 43.4 Å².